The zero-order valence-electron chi connectivity index (χ0n) is 17.1. The number of hydrogen-bond donors (Lipinski definition) is 1. The third-order valence-electron chi connectivity index (χ3n) is 6.07. The third-order valence-corrected chi connectivity index (χ3v) is 6.07. The maximum absolute atomic E-state index is 13.3. The van der Waals surface area contributed by atoms with Crippen LogP contribution in [-0.2, 0) is 9.53 Å². The Morgan fingerprint density at radius 3 is 2.90 bits per heavy atom. The van der Waals surface area contributed by atoms with E-state index < -0.39 is 5.60 Å². The number of carbonyl (C=O) groups is 1. The first-order valence-electron chi connectivity index (χ1n) is 10.5. The van der Waals surface area contributed by atoms with Gasteiger partial charge in [-0.15, -0.1) is 0 Å². The van der Waals surface area contributed by atoms with Crippen LogP contribution < -0.4 is 0 Å². The monoisotopic (exact) mass is 414 g/mol. The first-order valence-corrected chi connectivity index (χ1v) is 10.5. The van der Waals surface area contributed by atoms with Crippen molar-refractivity contribution in [3.8, 4) is 0 Å². The Balaban J connectivity index is 1.19. The molecule has 1 aromatic carbocycles. The zero-order chi connectivity index (χ0) is 21.1. The van der Waals surface area contributed by atoms with Gasteiger partial charge in [-0.3, -0.25) is 4.79 Å². The van der Waals surface area contributed by atoms with Gasteiger partial charge in [-0.1, -0.05) is 5.16 Å². The lowest BCUT2D eigenvalue weighted by atomic mass is 9.91. The van der Waals surface area contributed by atoms with E-state index in [0.29, 0.717) is 23.9 Å². The Hall–Kier alpha value is -2.51. The average Bonchev–Trinajstić information content (AvgIpc) is 3.16. The van der Waals surface area contributed by atoms with Crippen molar-refractivity contribution in [1.29, 1.82) is 0 Å². The van der Waals surface area contributed by atoms with Crippen molar-refractivity contribution in [2.45, 2.75) is 44.1 Å². The summed E-state index contributed by atoms with van der Waals surface area (Å²) in [5, 5.41) is 15.2. The normalized spacial score (nSPS) is 23.0. The summed E-state index contributed by atoms with van der Waals surface area (Å²) in [6.07, 6.45) is 8.10. The number of aromatic nitrogens is 1. The third kappa shape index (κ3) is 4.47. The molecular weight excluding hydrogens is 387 g/mol. The fourth-order valence-corrected chi connectivity index (χ4v) is 4.11. The lowest BCUT2D eigenvalue weighted by molar-refractivity contribution is -0.130. The molecule has 1 N–H and O–H groups in total. The second kappa shape index (κ2) is 8.70. The van der Waals surface area contributed by atoms with E-state index in [-0.39, 0.29) is 18.0 Å². The van der Waals surface area contributed by atoms with Gasteiger partial charge in [0.2, 0.25) is 0 Å². The van der Waals surface area contributed by atoms with Crippen LogP contribution in [0.1, 0.15) is 44.2 Å². The summed E-state index contributed by atoms with van der Waals surface area (Å²) in [7, 11) is 0. The van der Waals surface area contributed by atoms with Crippen LogP contribution >= 0.6 is 0 Å². The van der Waals surface area contributed by atoms with Crippen molar-refractivity contribution in [2.75, 3.05) is 26.2 Å². The molecule has 6 nitrogen and oxygen atoms in total. The molecule has 0 saturated carbocycles. The van der Waals surface area contributed by atoms with E-state index in [0.717, 1.165) is 50.0 Å². The highest BCUT2D eigenvalue weighted by Gasteiger charge is 2.30. The topological polar surface area (TPSA) is 75.8 Å². The van der Waals surface area contributed by atoms with Gasteiger partial charge >= 0.3 is 0 Å². The van der Waals surface area contributed by atoms with E-state index in [2.05, 4.69) is 10.1 Å². The van der Waals surface area contributed by atoms with Gasteiger partial charge < -0.3 is 19.3 Å². The van der Waals surface area contributed by atoms with Crippen LogP contribution in [-0.4, -0.2) is 52.8 Å². The number of piperidine rings is 1. The summed E-state index contributed by atoms with van der Waals surface area (Å²) in [6, 6.07) is 4.60. The number of aliphatic hydroxyl groups is 1. The Bertz CT molecular complexity index is 975. The van der Waals surface area contributed by atoms with Crippen LogP contribution in [0.15, 0.2) is 46.7 Å². The standard InChI is InChI=1S/C23H27FN2O4/c1-16(27)23(28)9-5-19(6-10-23)29-14-2-11-26-12-7-17(8-13-26)22-20-4-3-18(24)15-21(20)30-25-22/h3-6,9,15,17,28H,2,7-8,10-14H2,1H3. The van der Waals surface area contributed by atoms with Crippen molar-refractivity contribution >= 4 is 16.8 Å². The van der Waals surface area contributed by atoms with Gasteiger partial charge in [0.25, 0.3) is 0 Å². The number of allylic oxidation sites excluding steroid dienone is 1. The Labute approximate surface area is 175 Å². The van der Waals surface area contributed by atoms with Gasteiger partial charge in [0, 0.05) is 30.3 Å². The van der Waals surface area contributed by atoms with Gasteiger partial charge in [-0.25, -0.2) is 4.39 Å². The first kappa shape index (κ1) is 20.8. The molecule has 1 aliphatic carbocycles. The molecular formula is C23H27FN2O4. The largest absolute Gasteiger partial charge is 0.494 e. The summed E-state index contributed by atoms with van der Waals surface area (Å²) >= 11 is 0. The van der Waals surface area contributed by atoms with E-state index in [4.69, 9.17) is 9.26 Å². The summed E-state index contributed by atoms with van der Waals surface area (Å²) in [4.78, 5) is 13.9. The molecule has 1 saturated heterocycles. The van der Waals surface area contributed by atoms with Crippen LogP contribution in [0, 0.1) is 5.82 Å². The van der Waals surface area contributed by atoms with E-state index in [1.807, 2.05) is 0 Å². The number of likely N-dealkylation sites (tertiary alicyclic amines) is 1. The van der Waals surface area contributed by atoms with Crippen LogP contribution in [0.3, 0.4) is 0 Å². The quantitative estimate of drug-likeness (QED) is 0.696. The number of carbonyl (C=O) groups excluding carboxylic acids is 1. The SMILES string of the molecule is CC(=O)C1(O)C=CC(OCCCN2CCC(c3noc4cc(F)ccc34)CC2)=CC1. The molecule has 7 heteroatoms. The minimum Gasteiger partial charge on any atom is -0.494 e. The minimum absolute atomic E-state index is 0.255. The predicted molar refractivity (Wildman–Crippen MR) is 110 cm³/mol. The molecule has 1 atom stereocenters. The Morgan fingerprint density at radius 1 is 1.40 bits per heavy atom. The number of halogens is 1. The number of rotatable bonds is 7. The lowest BCUT2D eigenvalue weighted by Crippen LogP contribution is -2.35. The molecule has 160 valence electrons. The second-order valence-electron chi connectivity index (χ2n) is 8.15. The predicted octanol–water partition coefficient (Wildman–Crippen LogP) is 3.72. The number of fused-ring (bicyclic) bond motifs is 1. The molecule has 0 radical (unpaired) electrons. The van der Waals surface area contributed by atoms with E-state index >= 15 is 0 Å². The average molecular weight is 414 g/mol. The molecule has 0 amide bonds. The molecule has 2 heterocycles. The van der Waals surface area contributed by atoms with Crippen LogP contribution in [0.5, 0.6) is 0 Å². The van der Waals surface area contributed by atoms with Crippen molar-refractivity contribution in [3.05, 3.63) is 53.7 Å². The molecule has 1 unspecified atom stereocenters. The van der Waals surface area contributed by atoms with E-state index in [1.165, 1.54) is 25.1 Å². The summed E-state index contributed by atoms with van der Waals surface area (Å²) in [5.41, 5.74) is 0.0625. The summed E-state index contributed by atoms with van der Waals surface area (Å²) < 4.78 is 24.4. The zero-order valence-corrected chi connectivity index (χ0v) is 17.1. The fourth-order valence-electron chi connectivity index (χ4n) is 4.11. The molecule has 30 heavy (non-hydrogen) atoms. The van der Waals surface area contributed by atoms with Crippen molar-refractivity contribution in [3.63, 3.8) is 0 Å². The molecule has 0 bridgehead atoms. The maximum Gasteiger partial charge on any atom is 0.170 e. The van der Waals surface area contributed by atoms with E-state index in [1.54, 1.807) is 18.2 Å². The summed E-state index contributed by atoms with van der Waals surface area (Å²) in [5.74, 6) is 0.468. The number of ketones is 1. The van der Waals surface area contributed by atoms with Crippen molar-refractivity contribution < 1.29 is 23.6 Å². The molecule has 4 rings (SSSR count). The van der Waals surface area contributed by atoms with Crippen molar-refractivity contribution in [1.82, 2.24) is 10.1 Å². The lowest BCUT2D eigenvalue weighted by Gasteiger charge is -2.31. The maximum atomic E-state index is 13.3. The highest BCUT2D eigenvalue weighted by Crippen LogP contribution is 2.32. The Morgan fingerprint density at radius 2 is 2.20 bits per heavy atom. The smallest absolute Gasteiger partial charge is 0.170 e. The molecule has 0 spiro atoms. The summed E-state index contributed by atoms with van der Waals surface area (Å²) in [6.45, 7) is 4.89. The molecule has 1 fully saturated rings. The molecule has 1 aliphatic heterocycles. The Kier molecular flexibility index (Phi) is 6.01. The highest BCUT2D eigenvalue weighted by atomic mass is 19.1. The number of nitrogens with zero attached hydrogens (tertiary/aromatic N) is 2. The van der Waals surface area contributed by atoms with Gasteiger partial charge in [0.1, 0.15) is 17.2 Å². The van der Waals surface area contributed by atoms with E-state index in [9.17, 15) is 14.3 Å². The fraction of sp³-hybridized carbons (Fsp3) is 0.478. The minimum atomic E-state index is -1.39. The molecule has 2 aromatic rings. The molecule has 2 aliphatic rings. The van der Waals surface area contributed by atoms with Crippen LogP contribution in [0.4, 0.5) is 4.39 Å². The van der Waals surface area contributed by atoms with Crippen molar-refractivity contribution in [2.24, 2.45) is 0 Å². The van der Waals surface area contributed by atoms with Gasteiger partial charge in [-0.05, 0) is 69.6 Å². The second-order valence-corrected chi connectivity index (χ2v) is 8.15. The molecule has 1 aromatic heterocycles. The highest BCUT2D eigenvalue weighted by molar-refractivity contribution is 5.87. The van der Waals surface area contributed by atoms with Gasteiger partial charge in [0.15, 0.2) is 11.4 Å². The van der Waals surface area contributed by atoms with Gasteiger partial charge in [0.05, 0.1) is 12.3 Å². The number of ether oxygens (including phenoxy) is 1. The van der Waals surface area contributed by atoms with Gasteiger partial charge in [-0.2, -0.15) is 0 Å². The van der Waals surface area contributed by atoms with Crippen LogP contribution in [0.25, 0.3) is 11.0 Å². The first-order chi connectivity index (χ1) is 14.4. The number of hydrogen-bond acceptors (Lipinski definition) is 6. The number of Topliss-reactive ketones (excluding diaryl/α,β-unsaturated/α-hetero) is 1. The number of benzene rings is 1. The van der Waals surface area contributed by atoms with Crippen LogP contribution in [0.2, 0.25) is 0 Å².